The SMILES string of the molecule is C=CCOc1ccc2c(c1)CCN=C2CC(=N)OCC1COCCO1. The van der Waals surface area contributed by atoms with Gasteiger partial charge in [0.1, 0.15) is 25.1 Å². The van der Waals surface area contributed by atoms with Gasteiger partial charge in [-0.1, -0.05) is 12.7 Å². The Bertz CT molecular complexity index is 651. The molecule has 0 bridgehead atoms. The minimum absolute atomic E-state index is 0.0979. The van der Waals surface area contributed by atoms with Gasteiger partial charge in [0.05, 0.1) is 32.0 Å². The second-order valence-electron chi connectivity index (χ2n) is 5.98. The number of ether oxygens (including phenoxy) is 4. The van der Waals surface area contributed by atoms with Crippen molar-refractivity contribution < 1.29 is 18.9 Å². The summed E-state index contributed by atoms with van der Waals surface area (Å²) in [6.07, 6.45) is 2.89. The van der Waals surface area contributed by atoms with E-state index in [4.69, 9.17) is 24.4 Å². The van der Waals surface area contributed by atoms with Crippen LogP contribution in [0, 0.1) is 5.41 Å². The van der Waals surface area contributed by atoms with Crippen LogP contribution in [0.25, 0.3) is 0 Å². The summed E-state index contributed by atoms with van der Waals surface area (Å²) in [4.78, 5) is 4.58. The molecule has 1 atom stereocenters. The summed E-state index contributed by atoms with van der Waals surface area (Å²) in [7, 11) is 0. The fraction of sp³-hybridized carbons (Fsp3) is 0.474. The molecule has 2 heterocycles. The highest BCUT2D eigenvalue weighted by Gasteiger charge is 2.19. The molecule has 3 rings (SSSR count). The monoisotopic (exact) mass is 344 g/mol. The lowest BCUT2D eigenvalue weighted by atomic mass is 9.95. The van der Waals surface area contributed by atoms with Gasteiger partial charge in [-0.3, -0.25) is 10.4 Å². The molecule has 2 aliphatic heterocycles. The van der Waals surface area contributed by atoms with E-state index in [1.54, 1.807) is 6.08 Å². The third-order valence-electron chi connectivity index (χ3n) is 4.10. The summed E-state index contributed by atoms with van der Waals surface area (Å²) in [6, 6.07) is 5.99. The highest BCUT2D eigenvalue weighted by atomic mass is 16.6. The van der Waals surface area contributed by atoms with Crippen LogP contribution in [-0.2, 0) is 20.6 Å². The molecule has 25 heavy (non-hydrogen) atoms. The quantitative estimate of drug-likeness (QED) is 0.468. The van der Waals surface area contributed by atoms with E-state index < -0.39 is 0 Å². The topological polar surface area (TPSA) is 73.1 Å². The number of fused-ring (bicyclic) bond motifs is 1. The maximum Gasteiger partial charge on any atom is 0.186 e. The lowest BCUT2D eigenvalue weighted by Gasteiger charge is -2.23. The van der Waals surface area contributed by atoms with Crippen molar-refractivity contribution in [1.82, 2.24) is 0 Å². The van der Waals surface area contributed by atoms with E-state index >= 15 is 0 Å². The van der Waals surface area contributed by atoms with Crippen molar-refractivity contribution in [2.24, 2.45) is 4.99 Å². The summed E-state index contributed by atoms with van der Waals surface area (Å²) in [5, 5.41) is 8.08. The van der Waals surface area contributed by atoms with Crippen LogP contribution in [0.3, 0.4) is 0 Å². The summed E-state index contributed by atoms with van der Waals surface area (Å²) < 4.78 is 22.0. The van der Waals surface area contributed by atoms with E-state index in [9.17, 15) is 0 Å². The number of aliphatic imine (C=N–C) groups is 1. The Morgan fingerprint density at radius 2 is 2.32 bits per heavy atom. The smallest absolute Gasteiger partial charge is 0.186 e. The predicted octanol–water partition coefficient (Wildman–Crippen LogP) is 2.40. The molecule has 0 amide bonds. The number of benzene rings is 1. The predicted molar refractivity (Wildman–Crippen MR) is 96.1 cm³/mol. The second-order valence-corrected chi connectivity index (χ2v) is 5.98. The van der Waals surface area contributed by atoms with Crippen molar-refractivity contribution in [3.8, 4) is 5.75 Å². The first-order valence-corrected chi connectivity index (χ1v) is 8.56. The second kappa shape index (κ2) is 8.78. The molecule has 1 aromatic carbocycles. The van der Waals surface area contributed by atoms with Crippen LogP contribution in [0.4, 0.5) is 0 Å². The van der Waals surface area contributed by atoms with E-state index in [1.807, 2.05) is 18.2 Å². The van der Waals surface area contributed by atoms with Gasteiger partial charge >= 0.3 is 0 Å². The zero-order valence-corrected chi connectivity index (χ0v) is 14.3. The highest BCUT2D eigenvalue weighted by molar-refractivity contribution is 6.11. The molecule has 1 unspecified atom stereocenters. The Hall–Kier alpha value is -2.18. The fourth-order valence-electron chi connectivity index (χ4n) is 2.88. The molecule has 0 aliphatic carbocycles. The van der Waals surface area contributed by atoms with Crippen LogP contribution in [0.5, 0.6) is 5.75 Å². The van der Waals surface area contributed by atoms with Gasteiger partial charge in [-0.2, -0.15) is 0 Å². The molecule has 0 spiro atoms. The van der Waals surface area contributed by atoms with Gasteiger partial charge in [0.2, 0.25) is 0 Å². The molecule has 134 valence electrons. The van der Waals surface area contributed by atoms with Crippen LogP contribution >= 0.6 is 0 Å². The van der Waals surface area contributed by atoms with E-state index in [1.165, 1.54) is 5.56 Å². The zero-order chi connectivity index (χ0) is 17.5. The number of nitrogens with zero attached hydrogens (tertiary/aromatic N) is 1. The molecule has 0 radical (unpaired) electrons. The van der Waals surface area contributed by atoms with Gasteiger partial charge in [0, 0.05) is 6.54 Å². The normalized spacial score (nSPS) is 19.5. The summed E-state index contributed by atoms with van der Waals surface area (Å²) >= 11 is 0. The molecule has 0 aromatic heterocycles. The minimum atomic E-state index is -0.0979. The van der Waals surface area contributed by atoms with Crippen LogP contribution in [-0.4, -0.2) is 57.3 Å². The standard InChI is InChI=1S/C19H24N2O4/c1-2-7-23-15-3-4-17-14(10-15)5-6-21-18(17)11-19(20)25-13-16-12-22-8-9-24-16/h2-4,10,16,20H,1,5-9,11-13H2. The number of hydrogen-bond donors (Lipinski definition) is 1. The lowest BCUT2D eigenvalue weighted by Crippen LogP contribution is -2.33. The van der Waals surface area contributed by atoms with Crippen molar-refractivity contribution in [2.45, 2.75) is 18.9 Å². The molecule has 6 nitrogen and oxygen atoms in total. The van der Waals surface area contributed by atoms with Gasteiger partial charge < -0.3 is 18.9 Å². The first-order valence-electron chi connectivity index (χ1n) is 8.56. The van der Waals surface area contributed by atoms with Gasteiger partial charge in [-0.15, -0.1) is 0 Å². The Kier molecular flexibility index (Phi) is 6.19. The minimum Gasteiger partial charge on any atom is -0.490 e. The van der Waals surface area contributed by atoms with E-state index in [2.05, 4.69) is 11.6 Å². The largest absolute Gasteiger partial charge is 0.490 e. The average molecular weight is 344 g/mol. The first kappa shape index (κ1) is 17.6. The summed E-state index contributed by atoms with van der Waals surface area (Å²) in [5.74, 6) is 1.04. The van der Waals surface area contributed by atoms with Crippen LogP contribution in [0.1, 0.15) is 17.5 Å². The molecule has 0 saturated carbocycles. The molecule has 1 fully saturated rings. The van der Waals surface area contributed by atoms with Crippen LogP contribution < -0.4 is 4.74 Å². The van der Waals surface area contributed by atoms with Crippen LogP contribution in [0.15, 0.2) is 35.8 Å². The van der Waals surface area contributed by atoms with Crippen molar-refractivity contribution >= 4 is 11.6 Å². The van der Waals surface area contributed by atoms with E-state index in [0.29, 0.717) is 39.5 Å². The summed E-state index contributed by atoms with van der Waals surface area (Å²) in [5.41, 5.74) is 3.16. The summed E-state index contributed by atoms with van der Waals surface area (Å²) in [6.45, 7) is 6.94. The number of hydrogen-bond acceptors (Lipinski definition) is 6. The molecular weight excluding hydrogens is 320 g/mol. The van der Waals surface area contributed by atoms with Crippen molar-refractivity contribution in [3.63, 3.8) is 0 Å². The maximum absolute atomic E-state index is 8.08. The molecule has 1 N–H and O–H groups in total. The van der Waals surface area contributed by atoms with Gasteiger partial charge in [-0.25, -0.2) is 0 Å². The average Bonchev–Trinajstić information content (AvgIpc) is 2.65. The Morgan fingerprint density at radius 1 is 1.40 bits per heavy atom. The fourth-order valence-corrected chi connectivity index (χ4v) is 2.88. The van der Waals surface area contributed by atoms with Crippen molar-refractivity contribution in [1.29, 1.82) is 5.41 Å². The Labute approximate surface area is 148 Å². The van der Waals surface area contributed by atoms with Gasteiger partial charge in [-0.05, 0) is 35.7 Å². The number of nitrogens with one attached hydrogen (secondary N) is 1. The third-order valence-corrected chi connectivity index (χ3v) is 4.10. The molecular formula is C19H24N2O4. The molecule has 2 aliphatic rings. The Balaban J connectivity index is 1.57. The van der Waals surface area contributed by atoms with Crippen LogP contribution in [0.2, 0.25) is 0 Å². The zero-order valence-electron chi connectivity index (χ0n) is 14.3. The lowest BCUT2D eigenvalue weighted by molar-refractivity contribution is -0.103. The van der Waals surface area contributed by atoms with E-state index in [0.717, 1.165) is 30.0 Å². The molecule has 1 saturated heterocycles. The van der Waals surface area contributed by atoms with Crippen molar-refractivity contribution in [3.05, 3.63) is 42.0 Å². The third kappa shape index (κ3) is 4.90. The Morgan fingerprint density at radius 3 is 3.12 bits per heavy atom. The highest BCUT2D eigenvalue weighted by Crippen LogP contribution is 2.23. The molecule has 6 heteroatoms. The first-order chi connectivity index (χ1) is 12.3. The van der Waals surface area contributed by atoms with Gasteiger partial charge in [0.25, 0.3) is 0 Å². The number of rotatable bonds is 7. The van der Waals surface area contributed by atoms with E-state index in [-0.39, 0.29) is 12.0 Å². The van der Waals surface area contributed by atoms with Gasteiger partial charge in [0.15, 0.2) is 5.90 Å². The maximum atomic E-state index is 8.08. The molecule has 1 aromatic rings. The van der Waals surface area contributed by atoms with Crippen molar-refractivity contribution in [2.75, 3.05) is 39.6 Å².